The molecule has 0 bridgehead atoms. The molecule has 1 heterocycles. The topological polar surface area (TPSA) is 84.0 Å². The lowest BCUT2D eigenvalue weighted by Gasteiger charge is -2.17. The second kappa shape index (κ2) is 7.67. The molecule has 2 N–H and O–H groups in total. The SMILES string of the molecule is CC(C)(C)C(=O)Nc1cccc(C(=O)Nc2nnc(-c3ccccc3)s2)c1. The molecule has 6 nitrogen and oxygen atoms in total. The van der Waals surface area contributed by atoms with Crippen LogP contribution in [0.5, 0.6) is 0 Å². The van der Waals surface area contributed by atoms with E-state index in [4.69, 9.17) is 0 Å². The first kappa shape index (κ1) is 18.7. The molecule has 0 atom stereocenters. The number of hydrogen-bond acceptors (Lipinski definition) is 5. The Morgan fingerprint density at radius 3 is 2.37 bits per heavy atom. The Bertz CT molecular complexity index is 961. The average Bonchev–Trinajstić information content (AvgIpc) is 3.10. The fraction of sp³-hybridized carbons (Fsp3) is 0.200. The molecule has 2 aromatic carbocycles. The fourth-order valence-electron chi connectivity index (χ4n) is 2.20. The summed E-state index contributed by atoms with van der Waals surface area (Å²) in [6.07, 6.45) is 0. The summed E-state index contributed by atoms with van der Waals surface area (Å²) in [5.41, 5.74) is 1.43. The van der Waals surface area contributed by atoms with Crippen molar-refractivity contribution in [3.8, 4) is 10.6 Å². The van der Waals surface area contributed by atoms with Gasteiger partial charge in [0.05, 0.1) is 0 Å². The predicted octanol–water partition coefficient (Wildman–Crippen LogP) is 4.44. The van der Waals surface area contributed by atoms with Crippen molar-refractivity contribution in [2.45, 2.75) is 20.8 Å². The zero-order valence-corrected chi connectivity index (χ0v) is 16.1. The van der Waals surface area contributed by atoms with Crippen LogP contribution in [0, 0.1) is 5.41 Å². The van der Waals surface area contributed by atoms with E-state index in [1.165, 1.54) is 11.3 Å². The normalized spacial score (nSPS) is 11.1. The molecule has 138 valence electrons. The maximum Gasteiger partial charge on any atom is 0.257 e. The number of carbonyl (C=O) groups excluding carboxylic acids is 2. The van der Waals surface area contributed by atoms with Crippen LogP contribution >= 0.6 is 11.3 Å². The van der Waals surface area contributed by atoms with E-state index in [1.54, 1.807) is 24.3 Å². The zero-order valence-electron chi connectivity index (χ0n) is 15.3. The maximum absolute atomic E-state index is 12.5. The molecule has 0 radical (unpaired) electrons. The monoisotopic (exact) mass is 380 g/mol. The summed E-state index contributed by atoms with van der Waals surface area (Å²) in [7, 11) is 0. The van der Waals surface area contributed by atoms with E-state index in [2.05, 4.69) is 20.8 Å². The van der Waals surface area contributed by atoms with Crippen molar-refractivity contribution in [3.63, 3.8) is 0 Å². The summed E-state index contributed by atoms with van der Waals surface area (Å²) >= 11 is 1.30. The standard InChI is InChI=1S/C20H20N4O2S/c1-20(2,3)18(26)21-15-11-7-10-14(12-15)16(25)22-19-24-23-17(27-19)13-8-5-4-6-9-13/h4-12H,1-3H3,(H,21,26)(H,22,24,25). The molecular weight excluding hydrogens is 360 g/mol. The Hall–Kier alpha value is -3.06. The summed E-state index contributed by atoms with van der Waals surface area (Å²) in [6.45, 7) is 5.50. The number of amides is 2. The van der Waals surface area contributed by atoms with Gasteiger partial charge in [0.25, 0.3) is 5.91 Å². The van der Waals surface area contributed by atoms with Gasteiger partial charge in [-0.05, 0) is 18.2 Å². The van der Waals surface area contributed by atoms with Gasteiger partial charge in [-0.3, -0.25) is 14.9 Å². The molecule has 0 unspecified atom stereocenters. The van der Waals surface area contributed by atoms with Crippen molar-refractivity contribution in [3.05, 3.63) is 60.2 Å². The minimum Gasteiger partial charge on any atom is -0.326 e. The van der Waals surface area contributed by atoms with Crippen molar-refractivity contribution in [2.24, 2.45) is 5.41 Å². The summed E-state index contributed by atoms with van der Waals surface area (Å²) in [5.74, 6) is -0.422. The number of anilines is 2. The summed E-state index contributed by atoms with van der Waals surface area (Å²) in [6, 6.07) is 16.4. The predicted molar refractivity (Wildman–Crippen MR) is 108 cm³/mol. The Labute approximate surface area is 161 Å². The zero-order chi connectivity index (χ0) is 19.4. The summed E-state index contributed by atoms with van der Waals surface area (Å²) < 4.78 is 0. The number of benzene rings is 2. The van der Waals surface area contributed by atoms with Gasteiger partial charge < -0.3 is 5.32 Å². The van der Waals surface area contributed by atoms with E-state index in [9.17, 15) is 9.59 Å². The van der Waals surface area contributed by atoms with Crippen molar-refractivity contribution < 1.29 is 9.59 Å². The summed E-state index contributed by atoms with van der Waals surface area (Å²) in [4.78, 5) is 24.6. The van der Waals surface area contributed by atoms with Crippen LogP contribution in [0.3, 0.4) is 0 Å². The van der Waals surface area contributed by atoms with Gasteiger partial charge in [0, 0.05) is 22.2 Å². The van der Waals surface area contributed by atoms with Crippen LogP contribution in [0.25, 0.3) is 10.6 Å². The molecule has 0 spiro atoms. The molecule has 2 amide bonds. The Kier molecular flexibility index (Phi) is 5.32. The molecule has 0 saturated heterocycles. The van der Waals surface area contributed by atoms with E-state index in [0.29, 0.717) is 16.4 Å². The number of rotatable bonds is 4. The number of hydrogen-bond donors (Lipinski definition) is 2. The fourth-order valence-corrected chi connectivity index (χ4v) is 2.94. The lowest BCUT2D eigenvalue weighted by atomic mass is 9.95. The van der Waals surface area contributed by atoms with Crippen LogP contribution in [0.15, 0.2) is 54.6 Å². The van der Waals surface area contributed by atoms with Crippen molar-refractivity contribution >= 4 is 34.0 Å². The van der Waals surface area contributed by atoms with E-state index >= 15 is 0 Å². The van der Waals surface area contributed by atoms with Gasteiger partial charge in [0.15, 0.2) is 0 Å². The van der Waals surface area contributed by atoms with E-state index < -0.39 is 5.41 Å². The molecular formula is C20H20N4O2S. The van der Waals surface area contributed by atoms with Crippen LogP contribution in [0.2, 0.25) is 0 Å². The Balaban J connectivity index is 1.71. The Morgan fingerprint density at radius 1 is 0.926 bits per heavy atom. The lowest BCUT2D eigenvalue weighted by molar-refractivity contribution is -0.123. The van der Waals surface area contributed by atoms with E-state index in [-0.39, 0.29) is 11.8 Å². The van der Waals surface area contributed by atoms with Gasteiger partial charge in [-0.2, -0.15) is 0 Å². The molecule has 3 rings (SSSR count). The van der Waals surface area contributed by atoms with Gasteiger partial charge in [0.1, 0.15) is 5.01 Å². The quantitative estimate of drug-likeness (QED) is 0.701. The lowest BCUT2D eigenvalue weighted by Crippen LogP contribution is -2.27. The number of carbonyl (C=O) groups is 2. The summed E-state index contributed by atoms with van der Waals surface area (Å²) in [5, 5.41) is 14.9. The van der Waals surface area contributed by atoms with Crippen LogP contribution in [0.1, 0.15) is 31.1 Å². The van der Waals surface area contributed by atoms with Gasteiger partial charge in [0.2, 0.25) is 11.0 Å². The largest absolute Gasteiger partial charge is 0.326 e. The first-order valence-corrected chi connectivity index (χ1v) is 9.26. The number of nitrogens with one attached hydrogen (secondary N) is 2. The molecule has 0 aliphatic carbocycles. The van der Waals surface area contributed by atoms with Crippen LogP contribution in [-0.2, 0) is 4.79 Å². The number of aromatic nitrogens is 2. The van der Waals surface area contributed by atoms with Crippen LogP contribution < -0.4 is 10.6 Å². The molecule has 27 heavy (non-hydrogen) atoms. The van der Waals surface area contributed by atoms with E-state index in [0.717, 1.165) is 10.6 Å². The van der Waals surface area contributed by atoms with Gasteiger partial charge in [-0.1, -0.05) is 68.5 Å². The van der Waals surface area contributed by atoms with Gasteiger partial charge >= 0.3 is 0 Å². The van der Waals surface area contributed by atoms with E-state index in [1.807, 2.05) is 51.1 Å². The first-order valence-electron chi connectivity index (χ1n) is 8.45. The van der Waals surface area contributed by atoms with Crippen molar-refractivity contribution in [1.82, 2.24) is 10.2 Å². The molecule has 0 saturated carbocycles. The highest BCUT2D eigenvalue weighted by Crippen LogP contribution is 2.26. The van der Waals surface area contributed by atoms with Crippen LogP contribution in [-0.4, -0.2) is 22.0 Å². The Morgan fingerprint density at radius 2 is 1.67 bits per heavy atom. The second-order valence-corrected chi connectivity index (χ2v) is 7.99. The molecule has 0 fully saturated rings. The highest BCUT2D eigenvalue weighted by molar-refractivity contribution is 7.18. The molecule has 1 aromatic heterocycles. The third-order valence-electron chi connectivity index (χ3n) is 3.73. The van der Waals surface area contributed by atoms with Crippen molar-refractivity contribution in [1.29, 1.82) is 0 Å². The minimum atomic E-state index is -0.515. The van der Waals surface area contributed by atoms with Gasteiger partial charge in [-0.15, -0.1) is 10.2 Å². The van der Waals surface area contributed by atoms with Crippen LogP contribution in [0.4, 0.5) is 10.8 Å². The molecule has 7 heteroatoms. The third-order valence-corrected chi connectivity index (χ3v) is 4.62. The highest BCUT2D eigenvalue weighted by Gasteiger charge is 2.21. The smallest absolute Gasteiger partial charge is 0.257 e. The maximum atomic E-state index is 12.5. The third kappa shape index (κ3) is 4.77. The highest BCUT2D eigenvalue weighted by atomic mass is 32.1. The molecule has 0 aliphatic heterocycles. The first-order chi connectivity index (χ1) is 12.8. The molecule has 0 aliphatic rings. The minimum absolute atomic E-state index is 0.114. The molecule has 3 aromatic rings. The second-order valence-electron chi connectivity index (χ2n) is 7.02. The van der Waals surface area contributed by atoms with Gasteiger partial charge in [-0.25, -0.2) is 0 Å². The average molecular weight is 380 g/mol. The number of nitrogens with zero attached hydrogens (tertiary/aromatic N) is 2. The van der Waals surface area contributed by atoms with Crippen molar-refractivity contribution in [2.75, 3.05) is 10.6 Å².